The molecule has 0 aromatic heterocycles. The maximum atomic E-state index is 5.98. The van der Waals surface area contributed by atoms with Gasteiger partial charge in [-0.3, -0.25) is 0 Å². The first kappa shape index (κ1) is 13.4. The maximum Gasteiger partial charge on any atom is 0.167 e. The summed E-state index contributed by atoms with van der Waals surface area (Å²) in [4.78, 5) is 0. The number of rotatable bonds is 2. The first-order valence-corrected chi connectivity index (χ1v) is 7.28. The minimum atomic E-state index is -0.289. The fourth-order valence-electron chi connectivity index (χ4n) is 2.72. The summed E-state index contributed by atoms with van der Waals surface area (Å²) in [6.45, 7) is 2.15. The highest BCUT2D eigenvalue weighted by atomic mass is 35.5. The van der Waals surface area contributed by atoms with Gasteiger partial charge in [0.25, 0.3) is 0 Å². The van der Waals surface area contributed by atoms with E-state index >= 15 is 0 Å². The molecule has 1 aliphatic heterocycles. The third kappa shape index (κ3) is 2.28. The van der Waals surface area contributed by atoms with Gasteiger partial charge in [-0.1, -0.05) is 54.1 Å². The summed E-state index contributed by atoms with van der Waals surface area (Å²) in [5.74, 6) is 0. The number of hydrogen-bond acceptors (Lipinski definition) is 1. The Bertz CT molecular complexity index is 627. The van der Waals surface area contributed by atoms with E-state index in [1.54, 1.807) is 0 Å². The van der Waals surface area contributed by atoms with Gasteiger partial charge in [-0.05, 0) is 42.4 Å². The van der Waals surface area contributed by atoms with Gasteiger partial charge in [-0.25, -0.2) is 0 Å². The Morgan fingerprint density at radius 2 is 1.70 bits per heavy atom. The maximum absolute atomic E-state index is 5.98. The molecule has 0 bridgehead atoms. The second kappa shape index (κ2) is 5.08. The molecule has 20 heavy (non-hydrogen) atoms. The van der Waals surface area contributed by atoms with Crippen molar-refractivity contribution < 1.29 is 0 Å². The lowest BCUT2D eigenvalue weighted by atomic mass is 9.82. The summed E-state index contributed by atoms with van der Waals surface area (Å²) < 4.78 is 0. The topological polar surface area (TPSA) is 24.1 Å². The van der Waals surface area contributed by atoms with E-state index in [2.05, 4.69) is 29.7 Å². The molecule has 0 unspecified atom stereocenters. The van der Waals surface area contributed by atoms with Crippen molar-refractivity contribution in [2.24, 2.45) is 0 Å². The molecule has 2 nitrogen and oxygen atoms in total. The van der Waals surface area contributed by atoms with Gasteiger partial charge in [0, 0.05) is 5.02 Å². The average Bonchev–Trinajstić information content (AvgIpc) is 2.77. The van der Waals surface area contributed by atoms with Gasteiger partial charge in [0.15, 0.2) is 5.11 Å². The zero-order chi connectivity index (χ0) is 14.2. The molecule has 2 aromatic carbocycles. The van der Waals surface area contributed by atoms with E-state index in [9.17, 15) is 0 Å². The van der Waals surface area contributed by atoms with Crippen LogP contribution in [-0.2, 0) is 5.54 Å². The summed E-state index contributed by atoms with van der Waals surface area (Å²) in [6, 6.07) is 18.3. The van der Waals surface area contributed by atoms with Crippen LogP contribution < -0.4 is 10.6 Å². The molecular formula is C16H15ClN2S. The molecule has 0 aliphatic carbocycles. The Balaban J connectivity index is 2.05. The van der Waals surface area contributed by atoms with Gasteiger partial charge in [0.2, 0.25) is 0 Å². The second-order valence-electron chi connectivity index (χ2n) is 5.15. The van der Waals surface area contributed by atoms with Crippen molar-refractivity contribution in [3.05, 3.63) is 70.7 Å². The molecule has 2 aromatic rings. The number of benzene rings is 2. The van der Waals surface area contributed by atoms with Gasteiger partial charge in [0.05, 0.1) is 11.6 Å². The fourth-order valence-corrected chi connectivity index (χ4v) is 3.17. The standard InChI is InChI=1S/C16H15ClN2S/c1-16(12-7-9-13(17)10-8-12)14(18-15(20)19-16)11-5-3-2-4-6-11/h2-10,14H,1H3,(H2,18,19,20)/t14-,16+/m0/s1. The fraction of sp³-hybridized carbons (Fsp3) is 0.188. The number of halogens is 1. The predicted octanol–water partition coefficient (Wildman–Crippen LogP) is 3.77. The minimum Gasteiger partial charge on any atom is -0.353 e. The molecule has 0 amide bonds. The van der Waals surface area contributed by atoms with Gasteiger partial charge in [-0.15, -0.1) is 0 Å². The number of hydrogen-bond donors (Lipinski definition) is 2. The average molecular weight is 303 g/mol. The Hall–Kier alpha value is -1.58. The Morgan fingerprint density at radius 3 is 2.35 bits per heavy atom. The van der Waals surface area contributed by atoms with Gasteiger partial charge in [-0.2, -0.15) is 0 Å². The van der Waals surface area contributed by atoms with Crippen molar-refractivity contribution in [1.82, 2.24) is 10.6 Å². The molecule has 102 valence electrons. The van der Waals surface area contributed by atoms with Crippen LogP contribution in [0.1, 0.15) is 24.1 Å². The van der Waals surface area contributed by atoms with E-state index in [-0.39, 0.29) is 11.6 Å². The van der Waals surface area contributed by atoms with Gasteiger partial charge >= 0.3 is 0 Å². The normalized spacial score (nSPS) is 25.1. The molecule has 1 fully saturated rings. The molecule has 0 spiro atoms. The van der Waals surface area contributed by atoms with Crippen LogP contribution in [0.3, 0.4) is 0 Å². The third-order valence-electron chi connectivity index (χ3n) is 3.80. The van der Waals surface area contributed by atoms with Crippen LogP contribution in [0, 0.1) is 0 Å². The van der Waals surface area contributed by atoms with Crippen molar-refractivity contribution >= 4 is 28.9 Å². The van der Waals surface area contributed by atoms with Crippen LogP contribution in [0.15, 0.2) is 54.6 Å². The zero-order valence-corrected chi connectivity index (χ0v) is 12.6. The van der Waals surface area contributed by atoms with Crippen molar-refractivity contribution in [2.75, 3.05) is 0 Å². The molecule has 1 aliphatic rings. The van der Waals surface area contributed by atoms with Crippen LogP contribution in [0.2, 0.25) is 5.02 Å². The van der Waals surface area contributed by atoms with Crippen molar-refractivity contribution in [1.29, 1.82) is 0 Å². The molecule has 4 heteroatoms. The Morgan fingerprint density at radius 1 is 1.05 bits per heavy atom. The quantitative estimate of drug-likeness (QED) is 0.826. The SMILES string of the molecule is C[C@]1(c2ccc(Cl)cc2)NC(=S)N[C@H]1c1ccccc1. The molecule has 0 radical (unpaired) electrons. The van der Waals surface area contributed by atoms with Crippen LogP contribution in [-0.4, -0.2) is 5.11 Å². The zero-order valence-electron chi connectivity index (χ0n) is 11.1. The number of nitrogens with one attached hydrogen (secondary N) is 2. The van der Waals surface area contributed by atoms with Gasteiger partial charge in [0.1, 0.15) is 0 Å². The number of thiocarbonyl (C=S) groups is 1. The molecule has 1 saturated heterocycles. The van der Waals surface area contributed by atoms with Crippen LogP contribution in [0.4, 0.5) is 0 Å². The van der Waals surface area contributed by atoms with Gasteiger partial charge < -0.3 is 10.6 Å². The third-order valence-corrected chi connectivity index (χ3v) is 4.27. The monoisotopic (exact) mass is 302 g/mol. The van der Waals surface area contributed by atoms with E-state index in [0.29, 0.717) is 5.11 Å². The molecule has 3 rings (SSSR count). The smallest absolute Gasteiger partial charge is 0.167 e. The largest absolute Gasteiger partial charge is 0.353 e. The van der Waals surface area contributed by atoms with Crippen LogP contribution in [0.5, 0.6) is 0 Å². The highest BCUT2D eigenvalue weighted by Gasteiger charge is 2.43. The summed E-state index contributed by atoms with van der Waals surface area (Å²) in [5.41, 5.74) is 2.07. The highest BCUT2D eigenvalue weighted by molar-refractivity contribution is 7.80. The summed E-state index contributed by atoms with van der Waals surface area (Å²) in [7, 11) is 0. The predicted molar refractivity (Wildman–Crippen MR) is 86.9 cm³/mol. The highest BCUT2D eigenvalue weighted by Crippen LogP contribution is 2.38. The first-order valence-electron chi connectivity index (χ1n) is 6.49. The van der Waals surface area contributed by atoms with Crippen LogP contribution in [0.25, 0.3) is 0 Å². The van der Waals surface area contributed by atoms with E-state index in [1.165, 1.54) is 5.56 Å². The molecule has 0 saturated carbocycles. The van der Waals surface area contributed by atoms with E-state index < -0.39 is 0 Å². The van der Waals surface area contributed by atoms with E-state index in [1.807, 2.05) is 42.5 Å². The summed E-state index contributed by atoms with van der Waals surface area (Å²) >= 11 is 11.3. The van der Waals surface area contributed by atoms with Crippen molar-refractivity contribution in [2.45, 2.75) is 18.5 Å². The molecular weight excluding hydrogens is 288 g/mol. The first-order chi connectivity index (χ1) is 9.59. The van der Waals surface area contributed by atoms with E-state index in [0.717, 1.165) is 10.6 Å². The van der Waals surface area contributed by atoms with Crippen LogP contribution >= 0.6 is 23.8 Å². The summed E-state index contributed by atoms with van der Waals surface area (Å²) in [5, 5.41) is 8.17. The Kier molecular flexibility index (Phi) is 3.40. The lowest BCUT2D eigenvalue weighted by Gasteiger charge is -2.31. The second-order valence-corrected chi connectivity index (χ2v) is 6.00. The molecule has 2 N–H and O–H groups in total. The molecule has 1 heterocycles. The lowest BCUT2D eigenvalue weighted by molar-refractivity contribution is 0.379. The lowest BCUT2D eigenvalue weighted by Crippen LogP contribution is -2.38. The Labute approximate surface area is 129 Å². The van der Waals surface area contributed by atoms with Crippen molar-refractivity contribution in [3.8, 4) is 0 Å². The van der Waals surface area contributed by atoms with E-state index in [4.69, 9.17) is 23.8 Å². The summed E-state index contributed by atoms with van der Waals surface area (Å²) in [6.07, 6.45) is 0. The minimum absolute atomic E-state index is 0.0948. The molecule has 2 atom stereocenters. The van der Waals surface area contributed by atoms with Crippen molar-refractivity contribution in [3.63, 3.8) is 0 Å².